The zero-order valence-electron chi connectivity index (χ0n) is 7.92. The molecule has 74 valence electrons. The summed E-state index contributed by atoms with van der Waals surface area (Å²) in [4.78, 5) is 9.68. The smallest absolute Gasteiger partial charge is 0.213 e. The van der Waals surface area contributed by atoms with Crippen molar-refractivity contribution in [3.8, 4) is 10.7 Å². The average Bonchev–Trinajstić information content (AvgIpc) is 2.71. The van der Waals surface area contributed by atoms with Gasteiger partial charge in [0.05, 0.1) is 15.6 Å². The minimum Gasteiger partial charge on any atom is -0.281 e. The van der Waals surface area contributed by atoms with Crippen molar-refractivity contribution in [2.45, 2.75) is 20.3 Å². The first kappa shape index (κ1) is 9.54. The molecule has 0 aliphatic carbocycles. The normalized spacial score (nSPS) is 10.7. The summed E-state index contributed by atoms with van der Waals surface area (Å²) >= 11 is 6.54. The largest absolute Gasteiger partial charge is 0.281 e. The topological polar surface area (TPSA) is 57.4 Å². The molecule has 2 rings (SSSR count). The molecule has 0 aromatic carbocycles. The Kier molecular flexibility index (Phi) is 2.47. The van der Waals surface area contributed by atoms with Crippen LogP contribution >= 0.6 is 23.6 Å². The Morgan fingerprint density at radius 1 is 1.36 bits per heavy atom. The SMILES string of the molecule is CCc1nc(C)sc1-c1nc(=S)[nH][nH]1. The number of rotatable bonds is 2. The second kappa shape index (κ2) is 3.62. The lowest BCUT2D eigenvalue weighted by molar-refractivity contribution is 1.03. The minimum absolute atomic E-state index is 0.480. The molecule has 14 heavy (non-hydrogen) atoms. The molecule has 6 heteroatoms. The van der Waals surface area contributed by atoms with Gasteiger partial charge < -0.3 is 0 Å². The van der Waals surface area contributed by atoms with Crippen LogP contribution in [0.15, 0.2) is 0 Å². The van der Waals surface area contributed by atoms with E-state index in [9.17, 15) is 0 Å². The maximum absolute atomic E-state index is 4.91. The van der Waals surface area contributed by atoms with Crippen LogP contribution in [0.1, 0.15) is 17.6 Å². The predicted molar refractivity (Wildman–Crippen MR) is 59.0 cm³/mol. The molecule has 0 spiro atoms. The van der Waals surface area contributed by atoms with Crippen LogP contribution in [0.25, 0.3) is 10.7 Å². The standard InChI is InChI=1S/C8H10N4S2/c1-3-5-6(14-4(2)9-5)7-10-8(13)12-11-7/h3H2,1-2H3,(H2,10,11,12,13). The van der Waals surface area contributed by atoms with Gasteiger partial charge in [-0.05, 0) is 25.6 Å². The fourth-order valence-electron chi connectivity index (χ4n) is 1.27. The predicted octanol–water partition coefficient (Wildman–Crippen LogP) is 2.46. The van der Waals surface area contributed by atoms with Gasteiger partial charge in [-0.15, -0.1) is 11.3 Å². The van der Waals surface area contributed by atoms with Gasteiger partial charge in [0.2, 0.25) is 4.77 Å². The number of H-pyrrole nitrogens is 2. The average molecular weight is 226 g/mol. The summed E-state index contributed by atoms with van der Waals surface area (Å²) in [6, 6.07) is 0. The Morgan fingerprint density at radius 2 is 2.14 bits per heavy atom. The lowest BCUT2D eigenvalue weighted by Gasteiger charge is -1.92. The van der Waals surface area contributed by atoms with Gasteiger partial charge in [0.1, 0.15) is 0 Å². The van der Waals surface area contributed by atoms with Crippen molar-refractivity contribution in [1.29, 1.82) is 0 Å². The van der Waals surface area contributed by atoms with Crippen LogP contribution in [0.3, 0.4) is 0 Å². The number of nitrogens with one attached hydrogen (secondary N) is 2. The molecular formula is C8H10N4S2. The first-order valence-corrected chi connectivity index (χ1v) is 5.54. The number of aromatic nitrogens is 4. The van der Waals surface area contributed by atoms with Gasteiger partial charge in [-0.2, -0.15) is 4.98 Å². The van der Waals surface area contributed by atoms with Crippen molar-refractivity contribution < 1.29 is 0 Å². The summed E-state index contributed by atoms with van der Waals surface area (Å²) in [5, 5.41) is 6.78. The quantitative estimate of drug-likeness (QED) is 0.773. The van der Waals surface area contributed by atoms with Gasteiger partial charge in [-0.1, -0.05) is 6.92 Å². The molecule has 4 nitrogen and oxygen atoms in total. The molecule has 2 aromatic rings. The van der Waals surface area contributed by atoms with Gasteiger partial charge in [0, 0.05) is 0 Å². The molecule has 0 radical (unpaired) electrons. The first-order chi connectivity index (χ1) is 6.70. The monoisotopic (exact) mass is 226 g/mol. The molecule has 0 unspecified atom stereocenters. The second-order valence-electron chi connectivity index (χ2n) is 2.88. The van der Waals surface area contributed by atoms with E-state index in [1.54, 1.807) is 11.3 Å². The Morgan fingerprint density at radius 3 is 2.71 bits per heavy atom. The molecule has 0 saturated carbocycles. The van der Waals surface area contributed by atoms with E-state index in [0.717, 1.165) is 27.8 Å². The third kappa shape index (κ3) is 1.62. The maximum atomic E-state index is 4.91. The molecular weight excluding hydrogens is 216 g/mol. The van der Waals surface area contributed by atoms with Crippen molar-refractivity contribution in [1.82, 2.24) is 20.2 Å². The van der Waals surface area contributed by atoms with E-state index in [0.29, 0.717) is 4.77 Å². The number of aromatic amines is 2. The summed E-state index contributed by atoms with van der Waals surface area (Å²) in [7, 11) is 0. The van der Waals surface area contributed by atoms with Crippen LogP contribution in [-0.4, -0.2) is 20.2 Å². The van der Waals surface area contributed by atoms with Crippen LogP contribution < -0.4 is 0 Å². The molecule has 0 fully saturated rings. The van der Waals surface area contributed by atoms with Gasteiger partial charge in [-0.25, -0.2) is 4.98 Å². The van der Waals surface area contributed by atoms with E-state index in [1.807, 2.05) is 6.92 Å². The van der Waals surface area contributed by atoms with Gasteiger partial charge >= 0.3 is 0 Å². The second-order valence-corrected chi connectivity index (χ2v) is 4.47. The van der Waals surface area contributed by atoms with Gasteiger partial charge in [0.15, 0.2) is 5.82 Å². The number of hydrogen-bond acceptors (Lipinski definition) is 4. The van der Waals surface area contributed by atoms with Crippen molar-refractivity contribution >= 4 is 23.6 Å². The highest BCUT2D eigenvalue weighted by Gasteiger charge is 2.11. The Labute approximate surface area is 90.4 Å². The maximum Gasteiger partial charge on any atom is 0.213 e. The van der Waals surface area contributed by atoms with E-state index < -0.39 is 0 Å². The van der Waals surface area contributed by atoms with Crippen molar-refractivity contribution in [3.63, 3.8) is 0 Å². The zero-order valence-corrected chi connectivity index (χ0v) is 9.55. The molecule has 2 aromatic heterocycles. The molecule has 0 atom stereocenters. The summed E-state index contributed by atoms with van der Waals surface area (Å²) < 4.78 is 0.480. The van der Waals surface area contributed by atoms with Crippen LogP contribution in [0, 0.1) is 11.7 Å². The molecule has 2 heterocycles. The highest BCUT2D eigenvalue weighted by atomic mass is 32.1. The van der Waals surface area contributed by atoms with Crippen LogP contribution in [0.5, 0.6) is 0 Å². The fraction of sp³-hybridized carbons (Fsp3) is 0.375. The summed E-state index contributed by atoms with van der Waals surface area (Å²) in [5.74, 6) is 0.789. The van der Waals surface area contributed by atoms with E-state index in [1.165, 1.54) is 0 Å². The highest BCUT2D eigenvalue weighted by Crippen LogP contribution is 2.27. The minimum atomic E-state index is 0.480. The molecule has 0 amide bonds. The van der Waals surface area contributed by atoms with Crippen molar-refractivity contribution in [2.24, 2.45) is 0 Å². The summed E-state index contributed by atoms with van der Waals surface area (Å²) in [6.45, 7) is 4.08. The van der Waals surface area contributed by atoms with Crippen LogP contribution in [0.4, 0.5) is 0 Å². The first-order valence-electron chi connectivity index (χ1n) is 4.32. The molecule has 0 saturated heterocycles. The van der Waals surface area contributed by atoms with Crippen LogP contribution in [-0.2, 0) is 6.42 Å². The molecule has 0 aliphatic heterocycles. The Hall–Kier alpha value is -1.01. The summed E-state index contributed by atoms with van der Waals surface area (Å²) in [6.07, 6.45) is 0.910. The van der Waals surface area contributed by atoms with E-state index in [4.69, 9.17) is 12.2 Å². The number of hydrogen-bond donors (Lipinski definition) is 2. The van der Waals surface area contributed by atoms with E-state index in [-0.39, 0.29) is 0 Å². The lowest BCUT2D eigenvalue weighted by Crippen LogP contribution is -1.85. The van der Waals surface area contributed by atoms with E-state index in [2.05, 4.69) is 27.1 Å². The van der Waals surface area contributed by atoms with Crippen molar-refractivity contribution in [3.05, 3.63) is 15.5 Å². The third-order valence-corrected chi connectivity index (χ3v) is 3.07. The molecule has 0 bridgehead atoms. The van der Waals surface area contributed by atoms with E-state index >= 15 is 0 Å². The summed E-state index contributed by atoms with van der Waals surface area (Å²) in [5.41, 5.74) is 1.07. The zero-order chi connectivity index (χ0) is 10.1. The van der Waals surface area contributed by atoms with Crippen LogP contribution in [0.2, 0.25) is 0 Å². The molecule has 2 N–H and O–H groups in total. The van der Waals surface area contributed by atoms with Gasteiger partial charge in [-0.3, -0.25) is 10.2 Å². The lowest BCUT2D eigenvalue weighted by atomic mass is 10.3. The van der Waals surface area contributed by atoms with Crippen molar-refractivity contribution in [2.75, 3.05) is 0 Å². The van der Waals surface area contributed by atoms with Gasteiger partial charge in [0.25, 0.3) is 0 Å². The number of aryl methyl sites for hydroxylation is 2. The number of nitrogens with zero attached hydrogens (tertiary/aromatic N) is 2. The fourth-order valence-corrected chi connectivity index (χ4v) is 2.37. The number of thiazole rings is 1. The third-order valence-electron chi connectivity index (χ3n) is 1.86. The Bertz CT molecular complexity index is 493. The Balaban J connectivity index is 2.55. The molecule has 0 aliphatic rings. The highest BCUT2D eigenvalue weighted by molar-refractivity contribution is 7.71.